The SMILES string of the molecule is CC=N.Cc1c(C)n(C)c2ccccc12. The third-order valence-electron chi connectivity index (χ3n) is 2.72. The van der Waals surface area contributed by atoms with Crippen LogP contribution in [0.2, 0.25) is 0 Å². The summed E-state index contributed by atoms with van der Waals surface area (Å²) in [5.41, 5.74) is 4.08. The van der Waals surface area contributed by atoms with Crippen LogP contribution in [-0.4, -0.2) is 10.8 Å². The number of benzene rings is 1. The topological polar surface area (TPSA) is 28.8 Å². The molecule has 80 valence electrons. The van der Waals surface area contributed by atoms with Gasteiger partial charge >= 0.3 is 0 Å². The second-order valence-corrected chi connectivity index (χ2v) is 3.58. The summed E-state index contributed by atoms with van der Waals surface area (Å²) >= 11 is 0. The van der Waals surface area contributed by atoms with Gasteiger partial charge < -0.3 is 9.98 Å². The van der Waals surface area contributed by atoms with E-state index >= 15 is 0 Å². The van der Waals surface area contributed by atoms with Gasteiger partial charge in [-0.05, 0) is 38.6 Å². The van der Waals surface area contributed by atoms with Gasteiger partial charge in [0.2, 0.25) is 0 Å². The van der Waals surface area contributed by atoms with Crippen molar-refractivity contribution in [3.63, 3.8) is 0 Å². The minimum atomic E-state index is 1.25. The second kappa shape index (κ2) is 4.78. The van der Waals surface area contributed by atoms with E-state index in [1.165, 1.54) is 28.4 Å². The van der Waals surface area contributed by atoms with Crippen LogP contribution in [0.25, 0.3) is 10.9 Å². The van der Waals surface area contributed by atoms with E-state index in [0.29, 0.717) is 0 Å². The van der Waals surface area contributed by atoms with E-state index in [4.69, 9.17) is 5.41 Å². The first kappa shape index (κ1) is 11.5. The van der Waals surface area contributed by atoms with Gasteiger partial charge in [0.25, 0.3) is 0 Å². The van der Waals surface area contributed by atoms with Gasteiger partial charge in [-0.3, -0.25) is 0 Å². The third-order valence-corrected chi connectivity index (χ3v) is 2.72. The van der Waals surface area contributed by atoms with Crippen molar-refractivity contribution in [1.82, 2.24) is 4.57 Å². The number of fused-ring (bicyclic) bond motifs is 1. The lowest BCUT2D eigenvalue weighted by Crippen LogP contribution is -1.89. The number of aromatic nitrogens is 1. The van der Waals surface area contributed by atoms with Gasteiger partial charge in [0.15, 0.2) is 0 Å². The van der Waals surface area contributed by atoms with Crippen molar-refractivity contribution in [3.05, 3.63) is 35.5 Å². The van der Waals surface area contributed by atoms with Crippen LogP contribution in [0.3, 0.4) is 0 Å². The first-order valence-corrected chi connectivity index (χ1v) is 5.09. The van der Waals surface area contributed by atoms with Gasteiger partial charge in [0.05, 0.1) is 0 Å². The van der Waals surface area contributed by atoms with E-state index in [9.17, 15) is 0 Å². The van der Waals surface area contributed by atoms with E-state index < -0.39 is 0 Å². The summed E-state index contributed by atoms with van der Waals surface area (Å²) in [4.78, 5) is 0. The molecule has 0 bridgehead atoms. The number of aryl methyl sites for hydroxylation is 2. The highest BCUT2D eigenvalue weighted by molar-refractivity contribution is 5.85. The normalized spacial score (nSPS) is 9.60. The summed E-state index contributed by atoms with van der Waals surface area (Å²) in [6.07, 6.45) is 1.25. The van der Waals surface area contributed by atoms with Crippen molar-refractivity contribution < 1.29 is 0 Å². The summed E-state index contributed by atoms with van der Waals surface area (Å²) in [5.74, 6) is 0. The maximum absolute atomic E-state index is 6.08. The lowest BCUT2D eigenvalue weighted by atomic mass is 10.2. The molecule has 0 aliphatic carbocycles. The summed E-state index contributed by atoms with van der Waals surface area (Å²) in [6.45, 7) is 6.01. The Morgan fingerprint density at radius 2 is 1.73 bits per heavy atom. The van der Waals surface area contributed by atoms with Gasteiger partial charge in [-0.25, -0.2) is 0 Å². The molecule has 1 N–H and O–H groups in total. The molecule has 0 saturated heterocycles. The summed E-state index contributed by atoms with van der Waals surface area (Å²) in [7, 11) is 2.12. The number of hydrogen-bond donors (Lipinski definition) is 1. The average Bonchev–Trinajstić information content (AvgIpc) is 2.46. The monoisotopic (exact) mass is 202 g/mol. The van der Waals surface area contributed by atoms with E-state index in [-0.39, 0.29) is 0 Å². The molecular weight excluding hydrogens is 184 g/mol. The standard InChI is InChI=1S/C11H13N.C2H5N/c1-8-9(2)12(3)11-7-5-4-6-10(8)11;1-2-3/h4-7H,1-3H3;2-3H,1H3. The van der Waals surface area contributed by atoms with Gasteiger partial charge in [-0.15, -0.1) is 0 Å². The van der Waals surface area contributed by atoms with Crippen LogP contribution in [0, 0.1) is 19.3 Å². The van der Waals surface area contributed by atoms with Crippen LogP contribution in [-0.2, 0) is 7.05 Å². The van der Waals surface area contributed by atoms with Crippen LogP contribution in [0.1, 0.15) is 18.2 Å². The van der Waals surface area contributed by atoms with Crippen LogP contribution < -0.4 is 0 Å². The molecule has 0 amide bonds. The number of nitrogens with one attached hydrogen (secondary N) is 1. The Hall–Kier alpha value is -1.57. The Morgan fingerprint density at radius 3 is 2.27 bits per heavy atom. The second-order valence-electron chi connectivity index (χ2n) is 3.58. The number of para-hydroxylation sites is 1. The highest BCUT2D eigenvalue weighted by atomic mass is 14.9. The zero-order valence-corrected chi connectivity index (χ0v) is 9.83. The number of rotatable bonds is 0. The molecule has 15 heavy (non-hydrogen) atoms. The van der Waals surface area contributed by atoms with Crippen molar-refractivity contribution >= 4 is 17.1 Å². The fourth-order valence-corrected chi connectivity index (χ4v) is 1.71. The molecule has 0 spiro atoms. The van der Waals surface area contributed by atoms with Crippen molar-refractivity contribution in [1.29, 1.82) is 5.41 Å². The molecule has 0 aliphatic rings. The van der Waals surface area contributed by atoms with Crippen LogP contribution in [0.5, 0.6) is 0 Å². The Morgan fingerprint density at radius 1 is 1.20 bits per heavy atom. The fraction of sp³-hybridized carbons (Fsp3) is 0.308. The molecule has 1 aromatic carbocycles. The van der Waals surface area contributed by atoms with E-state index in [0.717, 1.165) is 0 Å². The van der Waals surface area contributed by atoms with Gasteiger partial charge in [-0.1, -0.05) is 18.2 Å². The molecule has 0 aliphatic heterocycles. The average molecular weight is 202 g/mol. The van der Waals surface area contributed by atoms with Crippen LogP contribution in [0.4, 0.5) is 0 Å². The molecule has 0 unspecified atom stereocenters. The Bertz CT molecular complexity index is 428. The minimum Gasteiger partial charge on any atom is -0.348 e. The summed E-state index contributed by atoms with van der Waals surface area (Å²) in [6, 6.07) is 8.52. The third kappa shape index (κ3) is 2.09. The summed E-state index contributed by atoms with van der Waals surface area (Å²) < 4.78 is 2.24. The maximum Gasteiger partial charge on any atom is 0.0482 e. The number of hydrogen-bond acceptors (Lipinski definition) is 1. The van der Waals surface area contributed by atoms with Gasteiger partial charge in [0, 0.05) is 23.6 Å². The lowest BCUT2D eigenvalue weighted by Gasteiger charge is -1.96. The van der Waals surface area contributed by atoms with Crippen molar-refractivity contribution in [2.24, 2.45) is 7.05 Å². The van der Waals surface area contributed by atoms with Crippen molar-refractivity contribution in [2.75, 3.05) is 0 Å². The molecule has 2 nitrogen and oxygen atoms in total. The smallest absolute Gasteiger partial charge is 0.0482 e. The van der Waals surface area contributed by atoms with E-state index in [1.54, 1.807) is 6.92 Å². The van der Waals surface area contributed by atoms with E-state index in [1.807, 2.05) is 0 Å². The van der Waals surface area contributed by atoms with Crippen molar-refractivity contribution in [2.45, 2.75) is 20.8 Å². The largest absolute Gasteiger partial charge is 0.348 e. The maximum atomic E-state index is 6.08. The van der Waals surface area contributed by atoms with Crippen molar-refractivity contribution in [3.8, 4) is 0 Å². The fourth-order valence-electron chi connectivity index (χ4n) is 1.71. The minimum absolute atomic E-state index is 1.25. The first-order valence-electron chi connectivity index (χ1n) is 5.09. The molecule has 1 aromatic heterocycles. The molecule has 0 atom stereocenters. The predicted molar refractivity (Wildman–Crippen MR) is 66.9 cm³/mol. The van der Waals surface area contributed by atoms with E-state index in [2.05, 4.69) is 49.7 Å². The summed E-state index contributed by atoms with van der Waals surface area (Å²) in [5, 5.41) is 7.46. The Kier molecular flexibility index (Phi) is 3.67. The van der Waals surface area contributed by atoms with Crippen LogP contribution >= 0.6 is 0 Å². The molecule has 2 heteroatoms. The Labute approximate surface area is 91.0 Å². The zero-order valence-electron chi connectivity index (χ0n) is 9.83. The molecule has 0 saturated carbocycles. The molecule has 0 fully saturated rings. The molecule has 1 heterocycles. The van der Waals surface area contributed by atoms with Crippen LogP contribution in [0.15, 0.2) is 24.3 Å². The molecule has 2 rings (SSSR count). The Balaban J connectivity index is 0.000000337. The highest BCUT2D eigenvalue weighted by Gasteiger charge is 2.05. The quantitative estimate of drug-likeness (QED) is 0.634. The zero-order chi connectivity index (χ0) is 11.4. The first-order chi connectivity index (χ1) is 7.13. The lowest BCUT2D eigenvalue weighted by molar-refractivity contribution is 0.910. The predicted octanol–water partition coefficient (Wildman–Crippen LogP) is 3.45. The highest BCUT2D eigenvalue weighted by Crippen LogP contribution is 2.22. The molecular formula is C13H18N2. The molecule has 0 radical (unpaired) electrons. The molecule has 2 aromatic rings. The van der Waals surface area contributed by atoms with Gasteiger partial charge in [-0.2, -0.15) is 0 Å². The van der Waals surface area contributed by atoms with Gasteiger partial charge in [0.1, 0.15) is 0 Å². The number of nitrogens with zero attached hydrogens (tertiary/aromatic N) is 1.